The summed E-state index contributed by atoms with van der Waals surface area (Å²) in [6.07, 6.45) is 1.23. The normalized spacial score (nSPS) is 18.7. The Morgan fingerprint density at radius 2 is 1.56 bits per heavy atom. The van der Waals surface area contributed by atoms with E-state index in [4.69, 9.17) is 4.18 Å². The lowest BCUT2D eigenvalue weighted by Gasteiger charge is -2.24. The second-order valence-electron chi connectivity index (χ2n) is 6.78. The highest BCUT2D eigenvalue weighted by Crippen LogP contribution is 2.27. The Morgan fingerprint density at radius 3 is 2.19 bits per heavy atom. The quantitative estimate of drug-likeness (QED) is 0.686. The van der Waals surface area contributed by atoms with E-state index in [9.17, 15) is 16.8 Å². The van der Waals surface area contributed by atoms with Crippen molar-refractivity contribution in [1.29, 1.82) is 0 Å². The van der Waals surface area contributed by atoms with Crippen LogP contribution in [0, 0.1) is 13.8 Å². The molecule has 1 aliphatic rings. The molecule has 1 heterocycles. The Hall–Kier alpha value is -1.74. The molecular weight excluding hydrogens is 386 g/mol. The predicted octanol–water partition coefficient (Wildman–Crippen LogP) is 2.86. The van der Waals surface area contributed by atoms with Crippen LogP contribution >= 0.6 is 0 Å². The summed E-state index contributed by atoms with van der Waals surface area (Å²) in [6, 6.07) is 12.7. The van der Waals surface area contributed by atoms with Gasteiger partial charge in [0.05, 0.1) is 22.4 Å². The molecule has 8 heteroatoms. The molecule has 0 saturated carbocycles. The first-order chi connectivity index (χ1) is 12.7. The molecule has 146 valence electrons. The highest BCUT2D eigenvalue weighted by Gasteiger charge is 2.36. The minimum Gasteiger partial charge on any atom is -0.265 e. The minimum absolute atomic E-state index is 0.0774. The fourth-order valence-electron chi connectivity index (χ4n) is 3.21. The molecule has 3 rings (SSSR count). The Morgan fingerprint density at radius 1 is 0.963 bits per heavy atom. The fourth-order valence-corrected chi connectivity index (χ4v) is 6.04. The average Bonchev–Trinajstić information content (AvgIpc) is 3.10. The van der Waals surface area contributed by atoms with Gasteiger partial charge in [-0.2, -0.15) is 12.7 Å². The van der Waals surface area contributed by atoms with Crippen molar-refractivity contribution >= 4 is 20.1 Å². The molecule has 27 heavy (non-hydrogen) atoms. The van der Waals surface area contributed by atoms with Crippen LogP contribution in [0.25, 0.3) is 0 Å². The summed E-state index contributed by atoms with van der Waals surface area (Å²) in [5.41, 5.74) is 1.66. The number of hydrogen-bond acceptors (Lipinski definition) is 5. The highest BCUT2D eigenvalue weighted by molar-refractivity contribution is 7.89. The maximum absolute atomic E-state index is 13.0. The van der Waals surface area contributed by atoms with Crippen LogP contribution < -0.4 is 0 Å². The number of benzene rings is 2. The number of nitrogens with zero attached hydrogens (tertiary/aromatic N) is 1. The van der Waals surface area contributed by atoms with E-state index in [2.05, 4.69) is 0 Å². The van der Waals surface area contributed by atoms with E-state index in [1.54, 1.807) is 37.3 Å². The van der Waals surface area contributed by atoms with Crippen LogP contribution in [0.3, 0.4) is 0 Å². The van der Waals surface area contributed by atoms with Crippen LogP contribution in [0.1, 0.15) is 24.0 Å². The van der Waals surface area contributed by atoms with Gasteiger partial charge in [-0.1, -0.05) is 24.3 Å². The largest absolute Gasteiger partial charge is 0.297 e. The monoisotopic (exact) mass is 409 g/mol. The van der Waals surface area contributed by atoms with Gasteiger partial charge < -0.3 is 0 Å². The zero-order valence-corrected chi connectivity index (χ0v) is 17.0. The van der Waals surface area contributed by atoms with Crippen molar-refractivity contribution in [2.45, 2.75) is 42.5 Å². The molecule has 1 saturated heterocycles. The average molecular weight is 410 g/mol. The standard InChI is InChI=1S/C19H23NO5S2/c1-15-6-3-9-18(12-15)26(21,22)20-11-5-8-17(20)14-25-27(23,24)19-10-4-7-16(2)13-19/h3-4,6-7,9-10,12-13,17H,5,8,11,14H2,1-2H3. The number of sulfonamides is 1. The lowest BCUT2D eigenvalue weighted by molar-refractivity contribution is 0.237. The van der Waals surface area contributed by atoms with Crippen LogP contribution in [0.4, 0.5) is 0 Å². The lowest BCUT2D eigenvalue weighted by Crippen LogP contribution is -2.38. The summed E-state index contributed by atoms with van der Waals surface area (Å²) < 4.78 is 57.3. The molecule has 0 radical (unpaired) electrons. The third kappa shape index (κ3) is 4.40. The van der Waals surface area contributed by atoms with Gasteiger partial charge >= 0.3 is 0 Å². The van der Waals surface area contributed by atoms with E-state index in [0.717, 1.165) is 11.1 Å². The van der Waals surface area contributed by atoms with E-state index in [1.807, 2.05) is 13.0 Å². The van der Waals surface area contributed by atoms with Crippen molar-refractivity contribution < 1.29 is 21.0 Å². The topological polar surface area (TPSA) is 80.8 Å². The van der Waals surface area contributed by atoms with E-state index in [-0.39, 0.29) is 16.4 Å². The number of aryl methyl sites for hydroxylation is 2. The molecule has 1 fully saturated rings. The van der Waals surface area contributed by atoms with E-state index >= 15 is 0 Å². The molecule has 0 N–H and O–H groups in total. The van der Waals surface area contributed by atoms with Gasteiger partial charge in [-0.15, -0.1) is 0 Å². The summed E-state index contributed by atoms with van der Waals surface area (Å²) >= 11 is 0. The first-order valence-electron chi connectivity index (χ1n) is 8.75. The molecule has 2 aromatic carbocycles. The third-order valence-electron chi connectivity index (χ3n) is 4.61. The van der Waals surface area contributed by atoms with Gasteiger partial charge in [0.1, 0.15) is 0 Å². The molecule has 0 aliphatic carbocycles. The van der Waals surface area contributed by atoms with Gasteiger partial charge in [0.15, 0.2) is 0 Å². The number of rotatable bonds is 6. The molecule has 0 amide bonds. The van der Waals surface area contributed by atoms with Crippen molar-refractivity contribution in [3.05, 3.63) is 59.7 Å². The summed E-state index contributed by atoms with van der Waals surface area (Å²) in [4.78, 5) is 0.296. The zero-order valence-electron chi connectivity index (χ0n) is 15.3. The van der Waals surface area contributed by atoms with Crippen molar-refractivity contribution in [1.82, 2.24) is 4.31 Å². The molecule has 1 atom stereocenters. The predicted molar refractivity (Wildman–Crippen MR) is 102 cm³/mol. The summed E-state index contributed by atoms with van der Waals surface area (Å²) in [6.45, 7) is 3.79. The van der Waals surface area contributed by atoms with Gasteiger partial charge in [-0.25, -0.2) is 8.42 Å². The van der Waals surface area contributed by atoms with E-state index < -0.39 is 26.2 Å². The smallest absolute Gasteiger partial charge is 0.265 e. The number of hydrogen-bond donors (Lipinski definition) is 0. The van der Waals surface area contributed by atoms with Crippen LogP contribution in [0.15, 0.2) is 58.3 Å². The van der Waals surface area contributed by atoms with Gasteiger partial charge in [0, 0.05) is 6.54 Å². The van der Waals surface area contributed by atoms with Crippen LogP contribution in [0.2, 0.25) is 0 Å². The van der Waals surface area contributed by atoms with Crippen LogP contribution in [-0.2, 0) is 24.3 Å². The molecule has 0 bridgehead atoms. The molecule has 6 nitrogen and oxygen atoms in total. The second-order valence-corrected chi connectivity index (χ2v) is 10.3. The van der Waals surface area contributed by atoms with Crippen molar-refractivity contribution in [2.75, 3.05) is 13.2 Å². The first kappa shape index (κ1) is 20.0. The van der Waals surface area contributed by atoms with Crippen LogP contribution in [0.5, 0.6) is 0 Å². The molecule has 0 spiro atoms. The Balaban J connectivity index is 1.77. The molecule has 0 aromatic heterocycles. The Kier molecular flexibility index (Phi) is 5.71. The van der Waals surface area contributed by atoms with Gasteiger partial charge in [0.25, 0.3) is 10.1 Å². The maximum Gasteiger partial charge on any atom is 0.297 e. The van der Waals surface area contributed by atoms with Crippen LogP contribution in [-0.4, -0.2) is 40.3 Å². The van der Waals surface area contributed by atoms with E-state index in [0.29, 0.717) is 19.4 Å². The summed E-state index contributed by atoms with van der Waals surface area (Å²) in [5, 5.41) is 0. The fraction of sp³-hybridized carbons (Fsp3) is 0.368. The molecule has 2 aromatic rings. The van der Waals surface area contributed by atoms with E-state index in [1.165, 1.54) is 16.4 Å². The molecule has 1 unspecified atom stereocenters. The van der Waals surface area contributed by atoms with Crippen molar-refractivity contribution in [3.63, 3.8) is 0 Å². The zero-order chi connectivity index (χ0) is 19.7. The molecule has 1 aliphatic heterocycles. The van der Waals surface area contributed by atoms with Crippen molar-refractivity contribution in [2.24, 2.45) is 0 Å². The first-order valence-corrected chi connectivity index (χ1v) is 11.6. The highest BCUT2D eigenvalue weighted by atomic mass is 32.2. The second kappa shape index (κ2) is 7.71. The minimum atomic E-state index is -3.93. The molecular formula is C19H23NO5S2. The lowest BCUT2D eigenvalue weighted by atomic mass is 10.2. The SMILES string of the molecule is Cc1cccc(S(=O)(=O)OCC2CCCN2S(=O)(=O)c2cccc(C)c2)c1. The van der Waals surface area contributed by atoms with Gasteiger partial charge in [-0.05, 0) is 62.1 Å². The summed E-state index contributed by atoms with van der Waals surface area (Å²) in [7, 11) is -7.62. The Labute approximate surface area is 161 Å². The maximum atomic E-state index is 13.0. The van der Waals surface area contributed by atoms with Gasteiger partial charge in [-0.3, -0.25) is 4.18 Å². The van der Waals surface area contributed by atoms with Gasteiger partial charge in [0.2, 0.25) is 10.0 Å². The Bertz CT molecular complexity index is 1030. The third-order valence-corrected chi connectivity index (χ3v) is 7.84. The van der Waals surface area contributed by atoms with Crippen molar-refractivity contribution in [3.8, 4) is 0 Å². The summed E-state index contributed by atoms with van der Waals surface area (Å²) in [5.74, 6) is 0.